The number of benzene rings is 2. The highest BCUT2D eigenvalue weighted by atomic mass is 16.5. The molecule has 6 nitrogen and oxygen atoms in total. The van der Waals surface area contributed by atoms with Gasteiger partial charge in [-0.15, -0.1) is 0 Å². The molecule has 0 unspecified atom stereocenters. The number of amides is 1. The smallest absolute Gasteiger partial charge is 0.262 e. The van der Waals surface area contributed by atoms with E-state index >= 15 is 0 Å². The quantitative estimate of drug-likeness (QED) is 0.639. The van der Waals surface area contributed by atoms with Crippen molar-refractivity contribution >= 4 is 11.6 Å². The highest BCUT2D eigenvalue weighted by Gasteiger charge is 2.15. The first kappa shape index (κ1) is 21.1. The van der Waals surface area contributed by atoms with Gasteiger partial charge in [0.1, 0.15) is 0 Å². The third-order valence-corrected chi connectivity index (χ3v) is 4.73. The molecule has 29 heavy (non-hydrogen) atoms. The van der Waals surface area contributed by atoms with Crippen LogP contribution in [-0.4, -0.2) is 38.4 Å². The van der Waals surface area contributed by atoms with Gasteiger partial charge in [0.05, 0.1) is 12.7 Å². The molecule has 0 aromatic heterocycles. The Kier molecular flexibility index (Phi) is 7.90. The second-order valence-electron chi connectivity index (χ2n) is 7.18. The van der Waals surface area contributed by atoms with Gasteiger partial charge in [0.25, 0.3) is 5.91 Å². The molecular formula is C23H30N2O4. The zero-order chi connectivity index (χ0) is 20.5. The van der Waals surface area contributed by atoms with E-state index in [1.54, 1.807) is 0 Å². The third kappa shape index (κ3) is 6.76. The lowest BCUT2D eigenvalue weighted by molar-refractivity contribution is -0.118. The molecule has 1 atom stereocenters. The van der Waals surface area contributed by atoms with Gasteiger partial charge in [-0.1, -0.05) is 23.8 Å². The normalized spacial score (nSPS) is 15.9. The maximum atomic E-state index is 12.2. The Hall–Kier alpha value is -2.57. The number of nitrogens with one attached hydrogen (secondary N) is 2. The van der Waals surface area contributed by atoms with Gasteiger partial charge in [0.2, 0.25) is 0 Å². The Bertz CT molecular complexity index is 786. The fraction of sp³-hybridized carbons (Fsp3) is 0.435. The average molecular weight is 399 g/mol. The number of carbonyl (C=O) groups excluding carboxylic acids is 1. The van der Waals surface area contributed by atoms with Crippen molar-refractivity contribution in [2.24, 2.45) is 0 Å². The number of ether oxygens (including phenoxy) is 3. The van der Waals surface area contributed by atoms with Gasteiger partial charge in [-0.25, -0.2) is 0 Å². The van der Waals surface area contributed by atoms with Crippen molar-refractivity contribution in [1.82, 2.24) is 5.32 Å². The van der Waals surface area contributed by atoms with E-state index in [0.29, 0.717) is 24.2 Å². The lowest BCUT2D eigenvalue weighted by Gasteiger charge is -2.15. The average Bonchev–Trinajstić information content (AvgIpc) is 3.23. The molecule has 1 amide bonds. The fourth-order valence-corrected chi connectivity index (χ4v) is 3.21. The molecule has 2 N–H and O–H groups in total. The first-order valence-corrected chi connectivity index (χ1v) is 10.2. The van der Waals surface area contributed by atoms with E-state index in [0.717, 1.165) is 49.4 Å². The zero-order valence-corrected chi connectivity index (χ0v) is 17.2. The number of rotatable bonds is 10. The highest BCUT2D eigenvalue weighted by Crippen LogP contribution is 2.28. The zero-order valence-electron chi connectivity index (χ0n) is 17.2. The van der Waals surface area contributed by atoms with Gasteiger partial charge in [0.15, 0.2) is 18.1 Å². The summed E-state index contributed by atoms with van der Waals surface area (Å²) in [5.74, 6) is 0.999. The van der Waals surface area contributed by atoms with Crippen molar-refractivity contribution in [3.8, 4) is 11.5 Å². The topological polar surface area (TPSA) is 68.8 Å². The van der Waals surface area contributed by atoms with Crippen LogP contribution in [0.15, 0.2) is 42.5 Å². The Balaban J connectivity index is 1.51. The van der Waals surface area contributed by atoms with E-state index in [2.05, 4.69) is 10.6 Å². The number of aryl methyl sites for hydroxylation is 1. The van der Waals surface area contributed by atoms with Crippen molar-refractivity contribution in [3.05, 3.63) is 53.6 Å². The molecule has 1 aliphatic rings. The van der Waals surface area contributed by atoms with Crippen LogP contribution in [0.3, 0.4) is 0 Å². The minimum absolute atomic E-state index is 0.0788. The molecule has 2 aromatic carbocycles. The third-order valence-electron chi connectivity index (χ3n) is 4.73. The molecule has 2 aromatic rings. The van der Waals surface area contributed by atoms with Crippen LogP contribution in [0, 0.1) is 6.92 Å². The molecule has 0 spiro atoms. The molecule has 1 aliphatic heterocycles. The van der Waals surface area contributed by atoms with Gasteiger partial charge in [0, 0.05) is 25.4 Å². The molecule has 0 aliphatic carbocycles. The maximum Gasteiger partial charge on any atom is 0.262 e. The van der Waals surface area contributed by atoms with E-state index in [1.807, 2.05) is 56.3 Å². The van der Waals surface area contributed by atoms with E-state index in [4.69, 9.17) is 14.2 Å². The summed E-state index contributed by atoms with van der Waals surface area (Å²) in [5, 5.41) is 6.26. The largest absolute Gasteiger partial charge is 0.490 e. The number of carbonyl (C=O) groups is 1. The molecule has 1 saturated heterocycles. The van der Waals surface area contributed by atoms with E-state index in [9.17, 15) is 4.79 Å². The summed E-state index contributed by atoms with van der Waals surface area (Å²) in [6.45, 7) is 6.82. The summed E-state index contributed by atoms with van der Waals surface area (Å²) in [6.07, 6.45) is 2.58. The molecule has 1 heterocycles. The van der Waals surface area contributed by atoms with Gasteiger partial charge >= 0.3 is 0 Å². The van der Waals surface area contributed by atoms with Crippen molar-refractivity contribution < 1.29 is 19.0 Å². The predicted molar refractivity (Wildman–Crippen MR) is 114 cm³/mol. The van der Waals surface area contributed by atoms with Crippen LogP contribution in [0.2, 0.25) is 0 Å². The number of anilines is 1. The minimum atomic E-state index is -0.210. The van der Waals surface area contributed by atoms with Crippen LogP contribution in [0.1, 0.15) is 30.9 Å². The molecule has 1 fully saturated rings. The SMILES string of the molecule is CCOc1cc(CNC[C@@H]2CCCO2)ccc1OCC(=O)Nc1ccc(C)cc1. The van der Waals surface area contributed by atoms with Crippen LogP contribution in [0.4, 0.5) is 5.69 Å². The van der Waals surface area contributed by atoms with Crippen LogP contribution in [-0.2, 0) is 16.1 Å². The summed E-state index contributed by atoms with van der Waals surface area (Å²) in [4.78, 5) is 12.2. The standard InChI is InChI=1S/C23H30N2O4/c1-3-27-22-13-18(14-24-15-20-5-4-12-28-20)8-11-21(22)29-16-23(26)25-19-9-6-17(2)7-10-19/h6-11,13,20,24H,3-5,12,14-16H2,1-2H3,(H,25,26)/t20-/m0/s1. The van der Waals surface area contributed by atoms with Crippen molar-refractivity contribution in [2.75, 3.05) is 31.7 Å². The second-order valence-corrected chi connectivity index (χ2v) is 7.18. The van der Waals surface area contributed by atoms with Crippen molar-refractivity contribution in [2.45, 2.75) is 39.3 Å². The molecule has 0 saturated carbocycles. The molecule has 6 heteroatoms. The van der Waals surface area contributed by atoms with E-state index in [1.165, 1.54) is 0 Å². The Morgan fingerprint density at radius 1 is 1.14 bits per heavy atom. The Labute approximate surface area is 172 Å². The van der Waals surface area contributed by atoms with Crippen LogP contribution >= 0.6 is 0 Å². The lowest BCUT2D eigenvalue weighted by Crippen LogP contribution is -2.25. The minimum Gasteiger partial charge on any atom is -0.490 e. The Morgan fingerprint density at radius 3 is 2.69 bits per heavy atom. The summed E-state index contributed by atoms with van der Waals surface area (Å²) in [5.41, 5.74) is 3.00. The first-order chi connectivity index (χ1) is 14.1. The van der Waals surface area contributed by atoms with Crippen LogP contribution in [0.25, 0.3) is 0 Å². The van der Waals surface area contributed by atoms with Crippen LogP contribution < -0.4 is 20.1 Å². The summed E-state index contributed by atoms with van der Waals surface area (Å²) < 4.78 is 17.1. The van der Waals surface area contributed by atoms with Gasteiger partial charge < -0.3 is 24.8 Å². The van der Waals surface area contributed by atoms with Crippen molar-refractivity contribution in [3.63, 3.8) is 0 Å². The monoisotopic (exact) mass is 398 g/mol. The summed E-state index contributed by atoms with van der Waals surface area (Å²) in [6, 6.07) is 13.4. The van der Waals surface area contributed by atoms with Gasteiger partial charge in [-0.3, -0.25) is 4.79 Å². The summed E-state index contributed by atoms with van der Waals surface area (Å²) >= 11 is 0. The Morgan fingerprint density at radius 2 is 1.97 bits per heavy atom. The summed E-state index contributed by atoms with van der Waals surface area (Å²) in [7, 11) is 0. The first-order valence-electron chi connectivity index (χ1n) is 10.2. The van der Waals surface area contributed by atoms with E-state index < -0.39 is 0 Å². The lowest BCUT2D eigenvalue weighted by atomic mass is 10.2. The second kappa shape index (κ2) is 10.8. The van der Waals surface area contributed by atoms with E-state index in [-0.39, 0.29) is 12.5 Å². The van der Waals surface area contributed by atoms with Crippen molar-refractivity contribution in [1.29, 1.82) is 0 Å². The molecule has 0 radical (unpaired) electrons. The molecule has 3 rings (SSSR count). The van der Waals surface area contributed by atoms with Gasteiger partial charge in [-0.2, -0.15) is 0 Å². The molecule has 156 valence electrons. The molecule has 0 bridgehead atoms. The number of hydrogen-bond donors (Lipinski definition) is 2. The van der Waals surface area contributed by atoms with Gasteiger partial charge in [-0.05, 0) is 56.5 Å². The predicted octanol–water partition coefficient (Wildman–Crippen LogP) is 3.68. The fourth-order valence-electron chi connectivity index (χ4n) is 3.21. The highest BCUT2D eigenvalue weighted by molar-refractivity contribution is 5.91. The number of hydrogen-bond acceptors (Lipinski definition) is 5. The molecular weight excluding hydrogens is 368 g/mol. The maximum absolute atomic E-state index is 12.2. The van der Waals surface area contributed by atoms with Crippen LogP contribution in [0.5, 0.6) is 11.5 Å².